The van der Waals surface area contributed by atoms with E-state index in [0.29, 0.717) is 11.3 Å². The maximum absolute atomic E-state index is 4.81. The number of benzene rings is 1. The molecule has 3 rings (SSSR count). The SMILES string of the molecule is CCNC(=NCc1ccccc1-n1ccc(C)n1)NCC1(C)CCCS1.I. The van der Waals surface area contributed by atoms with Gasteiger partial charge in [-0.1, -0.05) is 18.2 Å². The van der Waals surface area contributed by atoms with Gasteiger partial charge in [0, 0.05) is 24.0 Å². The number of nitrogens with one attached hydrogen (secondary N) is 2. The molecule has 1 aromatic carbocycles. The highest BCUT2D eigenvalue weighted by molar-refractivity contribution is 14.0. The Labute approximate surface area is 183 Å². The minimum absolute atomic E-state index is 0. The Balaban J connectivity index is 0.00000261. The van der Waals surface area contributed by atoms with E-state index >= 15 is 0 Å². The molecular formula is C20H30IN5S. The van der Waals surface area contributed by atoms with Crippen molar-refractivity contribution in [2.24, 2.45) is 4.99 Å². The number of thioether (sulfide) groups is 1. The number of aromatic nitrogens is 2. The van der Waals surface area contributed by atoms with Crippen LogP contribution in [0, 0.1) is 6.92 Å². The topological polar surface area (TPSA) is 54.2 Å². The minimum atomic E-state index is 0. The molecule has 0 amide bonds. The van der Waals surface area contributed by atoms with Crippen LogP contribution >= 0.6 is 35.7 Å². The number of aryl methyl sites for hydroxylation is 1. The van der Waals surface area contributed by atoms with Crippen LogP contribution in [-0.4, -0.2) is 39.3 Å². The second kappa shape index (κ2) is 10.4. The van der Waals surface area contributed by atoms with Crippen LogP contribution in [0.3, 0.4) is 0 Å². The van der Waals surface area contributed by atoms with Gasteiger partial charge in [-0.05, 0) is 57.1 Å². The maximum atomic E-state index is 4.81. The third-order valence-electron chi connectivity index (χ3n) is 4.64. The molecule has 1 aliphatic rings. The van der Waals surface area contributed by atoms with Crippen molar-refractivity contribution in [1.82, 2.24) is 20.4 Å². The number of guanidine groups is 1. The predicted molar refractivity (Wildman–Crippen MR) is 127 cm³/mol. The van der Waals surface area contributed by atoms with E-state index in [4.69, 9.17) is 4.99 Å². The highest BCUT2D eigenvalue weighted by Gasteiger charge is 2.29. The van der Waals surface area contributed by atoms with Crippen molar-refractivity contribution in [2.75, 3.05) is 18.8 Å². The Hall–Kier alpha value is -1.22. The van der Waals surface area contributed by atoms with E-state index in [1.54, 1.807) is 0 Å². The van der Waals surface area contributed by atoms with E-state index in [1.165, 1.54) is 18.6 Å². The molecular weight excluding hydrogens is 469 g/mol. The first-order valence-electron chi connectivity index (χ1n) is 9.36. The lowest BCUT2D eigenvalue weighted by atomic mass is 10.1. The summed E-state index contributed by atoms with van der Waals surface area (Å²) in [5.41, 5.74) is 3.26. The van der Waals surface area contributed by atoms with E-state index in [-0.39, 0.29) is 24.0 Å². The summed E-state index contributed by atoms with van der Waals surface area (Å²) in [6.45, 7) is 8.87. The van der Waals surface area contributed by atoms with Crippen LogP contribution in [-0.2, 0) is 6.54 Å². The van der Waals surface area contributed by atoms with Crippen LogP contribution < -0.4 is 10.6 Å². The van der Waals surface area contributed by atoms with Gasteiger partial charge in [-0.3, -0.25) is 0 Å². The third kappa shape index (κ3) is 6.14. The minimum Gasteiger partial charge on any atom is -0.357 e. The molecule has 1 aliphatic heterocycles. The van der Waals surface area contributed by atoms with Crippen molar-refractivity contribution < 1.29 is 0 Å². The Morgan fingerprint density at radius 3 is 2.78 bits per heavy atom. The average molecular weight is 499 g/mol. The monoisotopic (exact) mass is 499 g/mol. The van der Waals surface area contributed by atoms with Crippen molar-refractivity contribution in [3.63, 3.8) is 0 Å². The predicted octanol–water partition coefficient (Wildman–Crippen LogP) is 4.14. The van der Waals surface area contributed by atoms with Crippen molar-refractivity contribution in [2.45, 2.75) is 44.9 Å². The number of hydrogen-bond donors (Lipinski definition) is 2. The summed E-state index contributed by atoms with van der Waals surface area (Å²) < 4.78 is 2.25. The lowest BCUT2D eigenvalue weighted by Crippen LogP contribution is -2.43. The molecule has 2 N–H and O–H groups in total. The fraction of sp³-hybridized carbons (Fsp3) is 0.500. The van der Waals surface area contributed by atoms with Gasteiger partial charge < -0.3 is 10.6 Å². The molecule has 0 bridgehead atoms. The van der Waals surface area contributed by atoms with E-state index in [2.05, 4.69) is 59.5 Å². The number of para-hydroxylation sites is 1. The maximum Gasteiger partial charge on any atom is 0.191 e. The fourth-order valence-corrected chi connectivity index (χ4v) is 4.41. The van der Waals surface area contributed by atoms with Gasteiger partial charge in [0.15, 0.2) is 5.96 Å². The molecule has 2 aromatic rings. The van der Waals surface area contributed by atoms with E-state index in [1.807, 2.05) is 29.9 Å². The van der Waals surface area contributed by atoms with Gasteiger partial charge in [0.2, 0.25) is 0 Å². The Kier molecular flexibility index (Phi) is 8.47. The Bertz CT molecular complexity index is 752. The average Bonchev–Trinajstić information content (AvgIpc) is 3.27. The molecule has 27 heavy (non-hydrogen) atoms. The molecule has 0 saturated carbocycles. The zero-order valence-corrected chi connectivity index (χ0v) is 19.5. The van der Waals surface area contributed by atoms with Gasteiger partial charge in [0.25, 0.3) is 0 Å². The summed E-state index contributed by atoms with van der Waals surface area (Å²) in [5.74, 6) is 2.15. The third-order valence-corrected chi connectivity index (χ3v) is 6.18. The second-order valence-corrected chi connectivity index (χ2v) is 8.66. The van der Waals surface area contributed by atoms with Crippen molar-refractivity contribution >= 4 is 41.7 Å². The van der Waals surface area contributed by atoms with Crippen LogP contribution in [0.25, 0.3) is 5.69 Å². The molecule has 148 valence electrons. The van der Waals surface area contributed by atoms with Gasteiger partial charge >= 0.3 is 0 Å². The molecule has 1 aromatic heterocycles. The van der Waals surface area contributed by atoms with Crippen molar-refractivity contribution in [1.29, 1.82) is 0 Å². The highest BCUT2D eigenvalue weighted by atomic mass is 127. The molecule has 1 unspecified atom stereocenters. The van der Waals surface area contributed by atoms with Crippen LogP contribution in [0.15, 0.2) is 41.5 Å². The summed E-state index contributed by atoms with van der Waals surface area (Å²) >= 11 is 2.06. The Morgan fingerprint density at radius 1 is 1.30 bits per heavy atom. The number of rotatable bonds is 6. The number of nitrogens with zero attached hydrogens (tertiary/aromatic N) is 3. The number of hydrogen-bond acceptors (Lipinski definition) is 3. The quantitative estimate of drug-likeness (QED) is 0.357. The summed E-state index contributed by atoms with van der Waals surface area (Å²) in [5, 5.41) is 11.4. The van der Waals surface area contributed by atoms with Crippen LogP contribution in [0.5, 0.6) is 0 Å². The molecule has 1 saturated heterocycles. The molecule has 1 fully saturated rings. The molecule has 0 spiro atoms. The summed E-state index contributed by atoms with van der Waals surface area (Å²) in [4.78, 5) is 4.81. The van der Waals surface area contributed by atoms with Crippen LogP contribution in [0.4, 0.5) is 0 Å². The van der Waals surface area contributed by atoms with Crippen molar-refractivity contribution in [3.8, 4) is 5.69 Å². The summed E-state index contributed by atoms with van der Waals surface area (Å²) in [6.07, 6.45) is 4.58. The van der Waals surface area contributed by atoms with Gasteiger partial charge in [-0.2, -0.15) is 16.9 Å². The van der Waals surface area contributed by atoms with Gasteiger partial charge in [-0.25, -0.2) is 9.67 Å². The lowest BCUT2D eigenvalue weighted by molar-refractivity contribution is 0.584. The Morgan fingerprint density at radius 2 is 2.11 bits per heavy atom. The normalized spacial score (nSPS) is 19.6. The second-order valence-electron chi connectivity index (χ2n) is 6.98. The molecule has 0 aliphatic carbocycles. The molecule has 2 heterocycles. The van der Waals surface area contributed by atoms with E-state index in [9.17, 15) is 0 Å². The number of halogens is 1. The van der Waals surface area contributed by atoms with Crippen LogP contribution in [0.1, 0.15) is 37.9 Å². The van der Waals surface area contributed by atoms with E-state index in [0.717, 1.165) is 36.0 Å². The van der Waals surface area contributed by atoms with Gasteiger partial charge in [-0.15, -0.1) is 24.0 Å². The van der Waals surface area contributed by atoms with Gasteiger partial charge in [0.1, 0.15) is 0 Å². The smallest absolute Gasteiger partial charge is 0.191 e. The molecule has 0 radical (unpaired) electrons. The largest absolute Gasteiger partial charge is 0.357 e. The summed E-state index contributed by atoms with van der Waals surface area (Å²) in [7, 11) is 0. The molecule has 5 nitrogen and oxygen atoms in total. The van der Waals surface area contributed by atoms with Gasteiger partial charge in [0.05, 0.1) is 17.9 Å². The lowest BCUT2D eigenvalue weighted by Gasteiger charge is -2.24. The summed E-state index contributed by atoms with van der Waals surface area (Å²) in [6, 6.07) is 10.3. The first-order chi connectivity index (χ1) is 12.6. The molecule has 1 atom stereocenters. The first-order valence-corrected chi connectivity index (χ1v) is 10.3. The zero-order chi connectivity index (χ0) is 18.4. The standard InChI is InChI=1S/C20H29N5S.HI/c1-4-21-19(23-15-20(3)11-7-13-26-20)22-14-17-8-5-6-9-18(17)25-12-10-16(2)24-25;/h5-6,8-10,12H,4,7,11,13-15H2,1-3H3,(H2,21,22,23);1H. The first kappa shape index (κ1) is 22.1. The fourth-order valence-electron chi connectivity index (χ4n) is 3.17. The van der Waals surface area contributed by atoms with Crippen LogP contribution in [0.2, 0.25) is 0 Å². The zero-order valence-electron chi connectivity index (χ0n) is 16.4. The highest BCUT2D eigenvalue weighted by Crippen LogP contribution is 2.36. The molecule has 7 heteroatoms. The van der Waals surface area contributed by atoms with Crippen molar-refractivity contribution in [3.05, 3.63) is 47.8 Å². The number of aliphatic imine (C=N–C) groups is 1. The van der Waals surface area contributed by atoms with E-state index < -0.39 is 0 Å².